The first-order valence-corrected chi connectivity index (χ1v) is 6.48. The Bertz CT molecular complexity index is 624. The van der Waals surface area contributed by atoms with Crippen molar-refractivity contribution < 1.29 is 0 Å². The van der Waals surface area contributed by atoms with E-state index in [9.17, 15) is 0 Å². The molecule has 0 unspecified atom stereocenters. The molecule has 1 heterocycles. The lowest BCUT2D eigenvalue weighted by Crippen LogP contribution is -2.32. The molecule has 0 spiro atoms. The third kappa shape index (κ3) is 1.54. The average Bonchev–Trinajstić information content (AvgIpc) is 2.31. The number of anilines is 1. The third-order valence-electron chi connectivity index (χ3n) is 3.97. The molecule has 0 atom stereocenters. The Morgan fingerprint density at radius 1 is 0.889 bits per heavy atom. The SMILES string of the molecule is Cc1cc2c(cc1C)C(C)(C)Nc1ccccc1-2. The van der Waals surface area contributed by atoms with Crippen LogP contribution in [0.3, 0.4) is 0 Å². The van der Waals surface area contributed by atoms with E-state index in [-0.39, 0.29) is 5.54 Å². The van der Waals surface area contributed by atoms with E-state index in [1.54, 1.807) is 0 Å². The predicted octanol–water partition coefficient (Wildman–Crippen LogP) is 4.63. The summed E-state index contributed by atoms with van der Waals surface area (Å²) in [5.41, 5.74) is 8.03. The molecule has 18 heavy (non-hydrogen) atoms. The normalized spacial score (nSPS) is 15.6. The second-order valence-electron chi connectivity index (χ2n) is 5.78. The van der Waals surface area contributed by atoms with Crippen molar-refractivity contribution in [3.8, 4) is 11.1 Å². The van der Waals surface area contributed by atoms with Gasteiger partial charge in [0.15, 0.2) is 0 Å². The Morgan fingerprint density at radius 2 is 1.56 bits per heavy atom. The highest BCUT2D eigenvalue weighted by Crippen LogP contribution is 2.43. The smallest absolute Gasteiger partial charge is 0.0575 e. The molecule has 1 aliphatic heterocycles. The summed E-state index contributed by atoms with van der Waals surface area (Å²) < 4.78 is 0. The van der Waals surface area contributed by atoms with E-state index in [1.807, 2.05) is 0 Å². The average molecular weight is 237 g/mol. The summed E-state index contributed by atoms with van der Waals surface area (Å²) in [6.07, 6.45) is 0. The van der Waals surface area contributed by atoms with Crippen molar-refractivity contribution in [3.05, 3.63) is 53.1 Å². The van der Waals surface area contributed by atoms with Crippen LogP contribution in [-0.4, -0.2) is 0 Å². The number of para-hydroxylation sites is 1. The molecule has 1 aliphatic rings. The zero-order valence-electron chi connectivity index (χ0n) is 11.5. The number of fused-ring (bicyclic) bond motifs is 3. The summed E-state index contributed by atoms with van der Waals surface area (Å²) in [4.78, 5) is 0. The monoisotopic (exact) mass is 237 g/mol. The topological polar surface area (TPSA) is 12.0 Å². The molecule has 0 fully saturated rings. The van der Waals surface area contributed by atoms with E-state index in [0.717, 1.165) is 0 Å². The Morgan fingerprint density at radius 3 is 2.33 bits per heavy atom. The Balaban J connectivity index is 2.36. The van der Waals surface area contributed by atoms with Crippen molar-refractivity contribution in [2.75, 3.05) is 5.32 Å². The van der Waals surface area contributed by atoms with Gasteiger partial charge in [0, 0.05) is 11.3 Å². The molecule has 92 valence electrons. The fraction of sp³-hybridized carbons (Fsp3) is 0.294. The predicted molar refractivity (Wildman–Crippen MR) is 78.0 cm³/mol. The number of aryl methyl sites for hydroxylation is 2. The molecule has 0 aliphatic carbocycles. The highest BCUT2D eigenvalue weighted by atomic mass is 15.0. The second kappa shape index (κ2) is 3.61. The molecule has 0 saturated carbocycles. The maximum Gasteiger partial charge on any atom is 0.0575 e. The van der Waals surface area contributed by atoms with Crippen molar-refractivity contribution in [1.82, 2.24) is 0 Å². The van der Waals surface area contributed by atoms with E-state index in [2.05, 4.69) is 69.4 Å². The van der Waals surface area contributed by atoms with E-state index in [1.165, 1.54) is 33.5 Å². The summed E-state index contributed by atoms with van der Waals surface area (Å²) >= 11 is 0. The standard InChI is InChI=1S/C17H19N/c1-11-9-14-13-7-5-6-8-16(13)18-17(3,4)15(14)10-12(11)2/h5-10,18H,1-4H3. The van der Waals surface area contributed by atoms with Crippen molar-refractivity contribution in [1.29, 1.82) is 0 Å². The van der Waals surface area contributed by atoms with Crippen LogP contribution in [0.25, 0.3) is 11.1 Å². The van der Waals surface area contributed by atoms with Crippen molar-refractivity contribution >= 4 is 5.69 Å². The molecule has 2 aromatic carbocycles. The van der Waals surface area contributed by atoms with Crippen molar-refractivity contribution in [3.63, 3.8) is 0 Å². The van der Waals surface area contributed by atoms with Crippen LogP contribution in [0, 0.1) is 13.8 Å². The molecule has 1 heteroatoms. The van der Waals surface area contributed by atoms with Gasteiger partial charge in [-0.3, -0.25) is 0 Å². The molecule has 1 nitrogen and oxygen atoms in total. The fourth-order valence-electron chi connectivity index (χ4n) is 2.79. The van der Waals surface area contributed by atoms with Crippen LogP contribution in [0.4, 0.5) is 5.69 Å². The number of hydrogen-bond donors (Lipinski definition) is 1. The first kappa shape index (κ1) is 11.3. The van der Waals surface area contributed by atoms with Crippen LogP contribution in [-0.2, 0) is 5.54 Å². The maximum absolute atomic E-state index is 3.64. The second-order valence-corrected chi connectivity index (χ2v) is 5.78. The first-order chi connectivity index (χ1) is 8.49. The van der Waals surface area contributed by atoms with Gasteiger partial charge < -0.3 is 5.32 Å². The molecule has 0 radical (unpaired) electrons. The lowest BCUT2D eigenvalue weighted by Gasteiger charge is -2.36. The lowest BCUT2D eigenvalue weighted by atomic mass is 9.80. The summed E-state index contributed by atoms with van der Waals surface area (Å²) in [5.74, 6) is 0. The molecular formula is C17H19N. The summed E-state index contributed by atoms with van der Waals surface area (Å²) in [5, 5.41) is 3.64. The molecule has 2 aromatic rings. The van der Waals surface area contributed by atoms with E-state index >= 15 is 0 Å². The molecule has 0 bridgehead atoms. The minimum absolute atomic E-state index is 0.0118. The zero-order valence-corrected chi connectivity index (χ0v) is 11.5. The molecular weight excluding hydrogens is 218 g/mol. The summed E-state index contributed by atoms with van der Waals surface area (Å²) in [6.45, 7) is 8.87. The van der Waals surface area contributed by atoms with Crippen LogP contribution in [0.2, 0.25) is 0 Å². The number of nitrogens with one attached hydrogen (secondary N) is 1. The number of benzene rings is 2. The third-order valence-corrected chi connectivity index (χ3v) is 3.97. The van der Waals surface area contributed by atoms with Gasteiger partial charge in [-0.15, -0.1) is 0 Å². The summed E-state index contributed by atoms with van der Waals surface area (Å²) in [6, 6.07) is 13.2. The fourth-order valence-corrected chi connectivity index (χ4v) is 2.79. The maximum atomic E-state index is 3.64. The van der Waals surface area contributed by atoms with Crippen LogP contribution in [0.1, 0.15) is 30.5 Å². The van der Waals surface area contributed by atoms with Gasteiger partial charge in [-0.2, -0.15) is 0 Å². The van der Waals surface area contributed by atoms with Crippen LogP contribution >= 0.6 is 0 Å². The Labute approximate surface area is 109 Å². The Kier molecular flexibility index (Phi) is 2.28. The van der Waals surface area contributed by atoms with Crippen LogP contribution in [0.5, 0.6) is 0 Å². The minimum atomic E-state index is -0.0118. The van der Waals surface area contributed by atoms with Gasteiger partial charge in [-0.05, 0) is 56.0 Å². The highest BCUT2D eigenvalue weighted by Gasteiger charge is 2.30. The van der Waals surface area contributed by atoms with Crippen LogP contribution in [0.15, 0.2) is 36.4 Å². The van der Waals surface area contributed by atoms with Gasteiger partial charge >= 0.3 is 0 Å². The van der Waals surface area contributed by atoms with Crippen molar-refractivity contribution in [2.45, 2.75) is 33.2 Å². The van der Waals surface area contributed by atoms with Gasteiger partial charge in [0.05, 0.1) is 5.54 Å². The van der Waals surface area contributed by atoms with Gasteiger partial charge in [0.1, 0.15) is 0 Å². The largest absolute Gasteiger partial charge is 0.376 e. The number of rotatable bonds is 0. The number of hydrogen-bond acceptors (Lipinski definition) is 1. The zero-order chi connectivity index (χ0) is 12.9. The van der Waals surface area contributed by atoms with Gasteiger partial charge in [-0.25, -0.2) is 0 Å². The quantitative estimate of drug-likeness (QED) is 0.704. The molecule has 0 saturated heterocycles. The molecule has 0 amide bonds. The lowest BCUT2D eigenvalue weighted by molar-refractivity contribution is 0.605. The molecule has 0 aromatic heterocycles. The van der Waals surface area contributed by atoms with Crippen molar-refractivity contribution in [2.24, 2.45) is 0 Å². The van der Waals surface area contributed by atoms with E-state index in [4.69, 9.17) is 0 Å². The van der Waals surface area contributed by atoms with Gasteiger partial charge in [0.2, 0.25) is 0 Å². The summed E-state index contributed by atoms with van der Waals surface area (Å²) in [7, 11) is 0. The minimum Gasteiger partial charge on any atom is -0.376 e. The van der Waals surface area contributed by atoms with Gasteiger partial charge in [0.25, 0.3) is 0 Å². The van der Waals surface area contributed by atoms with E-state index < -0.39 is 0 Å². The van der Waals surface area contributed by atoms with Gasteiger partial charge in [-0.1, -0.05) is 30.3 Å². The highest BCUT2D eigenvalue weighted by molar-refractivity contribution is 5.85. The van der Waals surface area contributed by atoms with E-state index in [0.29, 0.717) is 0 Å². The molecule has 3 rings (SSSR count). The first-order valence-electron chi connectivity index (χ1n) is 6.48. The Hall–Kier alpha value is -1.76. The molecule has 1 N–H and O–H groups in total. The van der Waals surface area contributed by atoms with Crippen LogP contribution < -0.4 is 5.32 Å².